The molecule has 0 saturated carbocycles. The van der Waals surface area contributed by atoms with Gasteiger partial charge in [0.15, 0.2) is 5.96 Å². The van der Waals surface area contributed by atoms with Crippen LogP contribution in [0.4, 0.5) is 5.69 Å². The fraction of sp³-hybridized carbons (Fsp3) is 0.235. The van der Waals surface area contributed by atoms with Crippen molar-refractivity contribution in [3.05, 3.63) is 64.7 Å². The van der Waals surface area contributed by atoms with Crippen molar-refractivity contribution in [3.63, 3.8) is 0 Å². The highest BCUT2D eigenvalue weighted by molar-refractivity contribution is 6.31. The molecule has 0 spiro atoms. The molecule has 1 heterocycles. The lowest BCUT2D eigenvalue weighted by Crippen LogP contribution is -2.48. The molecule has 108 valence electrons. The number of hydrogen-bond donors (Lipinski definition) is 1. The van der Waals surface area contributed by atoms with Gasteiger partial charge in [-0.05, 0) is 37.1 Å². The second kappa shape index (κ2) is 5.08. The van der Waals surface area contributed by atoms with Crippen molar-refractivity contribution in [2.45, 2.75) is 19.4 Å². The Balaban J connectivity index is 2.16. The van der Waals surface area contributed by atoms with Crippen LogP contribution in [0.25, 0.3) is 0 Å². The van der Waals surface area contributed by atoms with Crippen molar-refractivity contribution in [2.75, 3.05) is 11.4 Å². The number of nitrogens with zero attached hydrogens (tertiary/aromatic N) is 2. The predicted molar refractivity (Wildman–Crippen MR) is 89.0 cm³/mol. The third kappa shape index (κ3) is 2.18. The Labute approximate surface area is 130 Å². The maximum absolute atomic E-state index is 6.42. The zero-order valence-electron chi connectivity index (χ0n) is 12.2. The molecule has 3 rings (SSSR count). The van der Waals surface area contributed by atoms with Gasteiger partial charge in [-0.15, -0.1) is 0 Å². The maximum atomic E-state index is 6.42. The molecular formula is C17H18ClN3. The van der Waals surface area contributed by atoms with Crippen LogP contribution in [0.15, 0.2) is 53.5 Å². The van der Waals surface area contributed by atoms with Crippen LogP contribution < -0.4 is 10.6 Å². The number of nitrogens with two attached hydrogens (primary N) is 1. The fourth-order valence-corrected chi connectivity index (χ4v) is 3.28. The Morgan fingerprint density at radius 1 is 1.14 bits per heavy atom. The van der Waals surface area contributed by atoms with Gasteiger partial charge >= 0.3 is 0 Å². The monoisotopic (exact) mass is 299 g/mol. The topological polar surface area (TPSA) is 41.6 Å². The van der Waals surface area contributed by atoms with Crippen LogP contribution in [-0.4, -0.2) is 12.5 Å². The second-order valence-corrected chi connectivity index (χ2v) is 5.96. The summed E-state index contributed by atoms with van der Waals surface area (Å²) < 4.78 is 0. The highest BCUT2D eigenvalue weighted by atomic mass is 35.5. The Morgan fingerprint density at radius 3 is 2.52 bits per heavy atom. The molecule has 0 aliphatic carbocycles. The number of aryl methyl sites for hydroxylation is 1. The highest BCUT2D eigenvalue weighted by Crippen LogP contribution is 2.40. The zero-order valence-corrected chi connectivity index (χ0v) is 12.9. The third-order valence-electron chi connectivity index (χ3n) is 4.08. The molecule has 0 fully saturated rings. The van der Waals surface area contributed by atoms with Crippen molar-refractivity contribution in [2.24, 2.45) is 10.7 Å². The molecule has 2 aromatic carbocycles. The fourth-order valence-electron chi connectivity index (χ4n) is 2.94. The van der Waals surface area contributed by atoms with Crippen LogP contribution in [0.1, 0.15) is 18.1 Å². The maximum Gasteiger partial charge on any atom is 0.196 e. The van der Waals surface area contributed by atoms with E-state index in [1.54, 1.807) is 0 Å². The van der Waals surface area contributed by atoms with Gasteiger partial charge in [-0.3, -0.25) is 4.99 Å². The van der Waals surface area contributed by atoms with Crippen LogP contribution >= 0.6 is 11.6 Å². The first-order valence-electron chi connectivity index (χ1n) is 6.95. The zero-order chi connectivity index (χ0) is 15.0. The van der Waals surface area contributed by atoms with Gasteiger partial charge in [0.2, 0.25) is 0 Å². The van der Waals surface area contributed by atoms with Crippen molar-refractivity contribution in [1.29, 1.82) is 0 Å². The van der Waals surface area contributed by atoms with E-state index in [0.29, 0.717) is 12.5 Å². The summed E-state index contributed by atoms with van der Waals surface area (Å²) in [7, 11) is 0. The third-order valence-corrected chi connectivity index (χ3v) is 4.41. The molecule has 0 saturated heterocycles. The summed E-state index contributed by atoms with van der Waals surface area (Å²) in [6, 6.07) is 16.1. The van der Waals surface area contributed by atoms with Gasteiger partial charge in [-0.1, -0.05) is 48.0 Å². The number of hydrogen-bond acceptors (Lipinski definition) is 3. The Kier molecular flexibility index (Phi) is 3.38. The van der Waals surface area contributed by atoms with E-state index in [2.05, 4.69) is 35.9 Å². The summed E-state index contributed by atoms with van der Waals surface area (Å²) in [4.78, 5) is 6.55. The molecule has 2 aromatic rings. The number of aliphatic imine (C=N–C) groups is 1. The SMILES string of the molecule is Cc1ccccc1N1C(N)=NCC1(C)c1ccccc1Cl. The number of benzene rings is 2. The highest BCUT2D eigenvalue weighted by Gasteiger charge is 2.42. The van der Waals surface area contributed by atoms with E-state index < -0.39 is 0 Å². The lowest BCUT2D eigenvalue weighted by Gasteiger charge is -2.38. The van der Waals surface area contributed by atoms with Gasteiger partial charge in [0.05, 0.1) is 12.1 Å². The van der Waals surface area contributed by atoms with E-state index in [1.807, 2.05) is 36.4 Å². The second-order valence-electron chi connectivity index (χ2n) is 5.55. The summed E-state index contributed by atoms with van der Waals surface area (Å²) in [6.45, 7) is 4.80. The molecule has 1 atom stereocenters. The molecule has 1 unspecified atom stereocenters. The smallest absolute Gasteiger partial charge is 0.196 e. The van der Waals surface area contributed by atoms with E-state index in [0.717, 1.165) is 21.8 Å². The summed E-state index contributed by atoms with van der Waals surface area (Å²) in [6.07, 6.45) is 0. The van der Waals surface area contributed by atoms with Crippen molar-refractivity contribution in [1.82, 2.24) is 0 Å². The van der Waals surface area contributed by atoms with Gasteiger partial charge in [-0.2, -0.15) is 0 Å². The van der Waals surface area contributed by atoms with Crippen LogP contribution in [0.3, 0.4) is 0 Å². The molecule has 4 heteroatoms. The van der Waals surface area contributed by atoms with E-state index in [9.17, 15) is 0 Å². The molecule has 1 aliphatic heterocycles. The molecule has 21 heavy (non-hydrogen) atoms. The molecule has 2 N–H and O–H groups in total. The molecule has 3 nitrogen and oxygen atoms in total. The first-order chi connectivity index (χ1) is 10.0. The van der Waals surface area contributed by atoms with Gasteiger partial charge in [-0.25, -0.2) is 0 Å². The van der Waals surface area contributed by atoms with Crippen LogP contribution in [0.2, 0.25) is 5.02 Å². The van der Waals surface area contributed by atoms with Gasteiger partial charge in [0.25, 0.3) is 0 Å². The summed E-state index contributed by atoms with van der Waals surface area (Å²) in [5.41, 5.74) is 9.08. The quantitative estimate of drug-likeness (QED) is 0.918. The molecule has 0 radical (unpaired) electrons. The number of halogens is 1. The molecule has 0 aromatic heterocycles. The minimum absolute atomic E-state index is 0.367. The number of para-hydroxylation sites is 1. The minimum atomic E-state index is -0.367. The Morgan fingerprint density at radius 2 is 1.81 bits per heavy atom. The lowest BCUT2D eigenvalue weighted by atomic mass is 9.90. The van der Waals surface area contributed by atoms with E-state index in [4.69, 9.17) is 17.3 Å². The van der Waals surface area contributed by atoms with Crippen LogP contribution in [-0.2, 0) is 5.54 Å². The van der Waals surface area contributed by atoms with E-state index >= 15 is 0 Å². The first-order valence-corrected chi connectivity index (χ1v) is 7.32. The Bertz CT molecular complexity index is 711. The summed E-state index contributed by atoms with van der Waals surface area (Å²) in [5, 5.41) is 0.739. The molecule has 0 amide bonds. The van der Waals surface area contributed by atoms with E-state index in [1.165, 1.54) is 0 Å². The lowest BCUT2D eigenvalue weighted by molar-refractivity contribution is 0.532. The van der Waals surface area contributed by atoms with Crippen LogP contribution in [0, 0.1) is 6.92 Å². The predicted octanol–water partition coefficient (Wildman–Crippen LogP) is 3.70. The summed E-state index contributed by atoms with van der Waals surface area (Å²) in [5.74, 6) is 0.534. The van der Waals surface area contributed by atoms with Gasteiger partial charge in [0.1, 0.15) is 0 Å². The number of rotatable bonds is 2. The average molecular weight is 300 g/mol. The number of guanidine groups is 1. The van der Waals surface area contributed by atoms with Crippen molar-refractivity contribution < 1.29 is 0 Å². The average Bonchev–Trinajstić information content (AvgIpc) is 2.77. The Hall–Kier alpha value is -2.00. The first kappa shape index (κ1) is 14.0. The number of anilines is 1. The van der Waals surface area contributed by atoms with Crippen molar-refractivity contribution in [3.8, 4) is 0 Å². The molecule has 1 aliphatic rings. The molecule has 0 bridgehead atoms. The van der Waals surface area contributed by atoms with Gasteiger partial charge in [0, 0.05) is 10.7 Å². The largest absolute Gasteiger partial charge is 0.369 e. The van der Waals surface area contributed by atoms with E-state index in [-0.39, 0.29) is 5.54 Å². The summed E-state index contributed by atoms with van der Waals surface area (Å²) >= 11 is 6.42. The molecular weight excluding hydrogens is 282 g/mol. The minimum Gasteiger partial charge on any atom is -0.369 e. The standard InChI is InChI=1S/C17H18ClN3/c1-12-7-3-6-10-15(12)21-16(19)20-11-17(21,2)13-8-4-5-9-14(13)18/h3-10H,11H2,1-2H3,(H2,19,20). The van der Waals surface area contributed by atoms with Crippen molar-refractivity contribution >= 4 is 23.2 Å². The van der Waals surface area contributed by atoms with Gasteiger partial charge < -0.3 is 10.6 Å². The normalized spacial score (nSPS) is 21.5. The van der Waals surface area contributed by atoms with Crippen LogP contribution in [0.5, 0.6) is 0 Å².